The summed E-state index contributed by atoms with van der Waals surface area (Å²) < 4.78 is 32.3. The van der Waals surface area contributed by atoms with Gasteiger partial charge in [0.1, 0.15) is 18.3 Å². The van der Waals surface area contributed by atoms with Gasteiger partial charge in [0, 0.05) is 35.0 Å². The molecule has 0 aliphatic carbocycles. The van der Waals surface area contributed by atoms with Crippen LogP contribution in [0.3, 0.4) is 0 Å². The Bertz CT molecular complexity index is 1450. The van der Waals surface area contributed by atoms with E-state index in [0.717, 1.165) is 39.2 Å². The molecule has 0 saturated carbocycles. The molecule has 1 aromatic heterocycles. The molecule has 2 aromatic carbocycles. The van der Waals surface area contributed by atoms with E-state index in [4.69, 9.17) is 4.74 Å². The maximum absolute atomic E-state index is 13.3. The molecule has 9 nitrogen and oxygen atoms in total. The van der Waals surface area contributed by atoms with Crippen molar-refractivity contribution in [3.8, 4) is 16.5 Å². The number of benzene rings is 2. The fourth-order valence-electron chi connectivity index (χ4n) is 4.80. The molecule has 210 valence electrons. The second-order valence-corrected chi connectivity index (χ2v) is 13.3. The first kappa shape index (κ1) is 29.4. The van der Waals surface area contributed by atoms with Gasteiger partial charge in [-0.15, -0.1) is 11.3 Å². The Morgan fingerprint density at radius 3 is 2.46 bits per heavy atom. The van der Waals surface area contributed by atoms with Crippen LogP contribution in [-0.4, -0.2) is 79.1 Å². The standard InChI is InChI=1S/C28H35N3O6S2/c1-4-31(5-2)21-9-8-18-12-20(7-6-19(18)13-21)25-11-10-22(38-25)14-28(3,17-29)39(35,36)30-23-16-37-24(15-32)27(34)26(23)33/h6-13,23-24,26-27,30,32-34H,4-5,14-16H2,1-3H3/t23?,24-,26-,27-,28?/m1/s1. The summed E-state index contributed by atoms with van der Waals surface area (Å²) in [7, 11) is -4.27. The molecule has 0 amide bonds. The van der Waals surface area contributed by atoms with Gasteiger partial charge in [0.15, 0.2) is 4.75 Å². The predicted octanol–water partition coefficient (Wildman–Crippen LogP) is 2.64. The molecule has 1 aliphatic heterocycles. The Morgan fingerprint density at radius 2 is 1.79 bits per heavy atom. The normalized spacial score (nSPS) is 23.3. The van der Waals surface area contributed by atoms with Crippen LogP contribution in [0.4, 0.5) is 5.69 Å². The van der Waals surface area contributed by atoms with Crippen molar-refractivity contribution >= 4 is 37.8 Å². The highest BCUT2D eigenvalue weighted by Crippen LogP contribution is 2.34. The van der Waals surface area contributed by atoms with E-state index in [1.807, 2.05) is 24.3 Å². The summed E-state index contributed by atoms with van der Waals surface area (Å²) in [5.74, 6) is 0. The number of nitriles is 1. The second kappa shape index (κ2) is 11.9. The van der Waals surface area contributed by atoms with Crippen LogP contribution in [0, 0.1) is 11.3 Å². The Labute approximate surface area is 233 Å². The third-order valence-electron chi connectivity index (χ3n) is 7.36. The first-order valence-electron chi connectivity index (χ1n) is 12.9. The molecule has 0 spiro atoms. The van der Waals surface area contributed by atoms with Crippen LogP contribution in [0.15, 0.2) is 48.5 Å². The van der Waals surface area contributed by atoms with Gasteiger partial charge in [0.05, 0.1) is 25.3 Å². The van der Waals surface area contributed by atoms with Crippen molar-refractivity contribution in [2.45, 2.75) is 56.3 Å². The van der Waals surface area contributed by atoms with Gasteiger partial charge in [-0.2, -0.15) is 5.26 Å². The number of hydrogen-bond acceptors (Lipinski definition) is 9. The SMILES string of the molecule is CCN(CC)c1ccc2cc(-c3ccc(CC(C)(C#N)S(=O)(=O)NC4CO[C@H](CO)[C@@H](O)[C@@H]4O)s3)ccc2c1. The van der Waals surface area contributed by atoms with Gasteiger partial charge in [0.2, 0.25) is 10.0 Å². The lowest BCUT2D eigenvalue weighted by atomic mass is 9.99. The zero-order chi connectivity index (χ0) is 28.4. The number of fused-ring (bicyclic) bond motifs is 1. The maximum Gasteiger partial charge on any atom is 0.231 e. The van der Waals surface area contributed by atoms with Crippen molar-refractivity contribution in [3.63, 3.8) is 0 Å². The van der Waals surface area contributed by atoms with E-state index in [1.165, 1.54) is 23.9 Å². The van der Waals surface area contributed by atoms with Gasteiger partial charge in [0.25, 0.3) is 0 Å². The molecule has 1 aliphatic rings. The number of nitrogens with zero attached hydrogens (tertiary/aromatic N) is 2. The van der Waals surface area contributed by atoms with Crippen molar-refractivity contribution in [2.75, 3.05) is 31.2 Å². The van der Waals surface area contributed by atoms with E-state index in [0.29, 0.717) is 0 Å². The lowest BCUT2D eigenvalue weighted by Gasteiger charge is -2.38. The fraction of sp³-hybridized carbons (Fsp3) is 0.464. The Hall–Kier alpha value is -2.56. The zero-order valence-electron chi connectivity index (χ0n) is 22.2. The largest absolute Gasteiger partial charge is 0.394 e. The van der Waals surface area contributed by atoms with Crippen LogP contribution >= 0.6 is 11.3 Å². The number of hydrogen-bond donors (Lipinski definition) is 4. The third-order valence-corrected chi connectivity index (χ3v) is 10.5. The monoisotopic (exact) mass is 573 g/mol. The van der Waals surface area contributed by atoms with Gasteiger partial charge in [-0.1, -0.05) is 18.2 Å². The Morgan fingerprint density at radius 1 is 1.10 bits per heavy atom. The summed E-state index contributed by atoms with van der Waals surface area (Å²) in [6.45, 7) is 6.72. The van der Waals surface area contributed by atoms with Crippen molar-refractivity contribution in [3.05, 3.63) is 53.4 Å². The van der Waals surface area contributed by atoms with Crippen LogP contribution in [0.1, 0.15) is 25.6 Å². The molecular weight excluding hydrogens is 538 g/mol. The molecule has 1 saturated heterocycles. The van der Waals surface area contributed by atoms with E-state index < -0.39 is 45.7 Å². The van der Waals surface area contributed by atoms with E-state index in [1.54, 1.807) is 0 Å². The molecule has 11 heteroatoms. The quantitative estimate of drug-likeness (QED) is 0.290. The lowest BCUT2D eigenvalue weighted by molar-refractivity contribution is -0.158. The average Bonchev–Trinajstić information content (AvgIpc) is 3.39. The summed E-state index contributed by atoms with van der Waals surface area (Å²) in [5, 5.41) is 41.8. The number of aliphatic hydroxyl groups is 3. The minimum absolute atomic E-state index is 0.0597. The number of aliphatic hydroxyl groups excluding tert-OH is 3. The summed E-state index contributed by atoms with van der Waals surface area (Å²) in [6, 6.07) is 17.2. The Balaban J connectivity index is 1.52. The molecule has 1 fully saturated rings. The number of thiophene rings is 1. The van der Waals surface area contributed by atoms with E-state index in [-0.39, 0.29) is 13.0 Å². The van der Waals surface area contributed by atoms with Crippen LogP contribution in [0.5, 0.6) is 0 Å². The van der Waals surface area contributed by atoms with Gasteiger partial charge >= 0.3 is 0 Å². The van der Waals surface area contributed by atoms with Crippen molar-refractivity contribution in [2.24, 2.45) is 0 Å². The first-order valence-corrected chi connectivity index (χ1v) is 15.2. The molecule has 4 N–H and O–H groups in total. The molecule has 0 radical (unpaired) electrons. The van der Waals surface area contributed by atoms with Crippen LogP contribution in [0.2, 0.25) is 0 Å². The summed E-state index contributed by atoms with van der Waals surface area (Å²) in [5.41, 5.74) is 2.18. The van der Waals surface area contributed by atoms with Crippen molar-refractivity contribution < 1.29 is 28.5 Å². The minimum Gasteiger partial charge on any atom is -0.394 e. The van der Waals surface area contributed by atoms with Gasteiger partial charge < -0.3 is 25.0 Å². The number of ether oxygens (including phenoxy) is 1. The molecular formula is C28H35N3O6S2. The first-order chi connectivity index (χ1) is 18.6. The fourth-order valence-corrected chi connectivity index (χ4v) is 7.39. The van der Waals surface area contributed by atoms with E-state index in [9.17, 15) is 29.0 Å². The molecule has 2 heterocycles. The minimum atomic E-state index is -4.27. The summed E-state index contributed by atoms with van der Waals surface area (Å²) in [4.78, 5) is 3.97. The summed E-state index contributed by atoms with van der Waals surface area (Å²) >= 11 is 1.43. The molecule has 3 aromatic rings. The van der Waals surface area contributed by atoms with E-state index in [2.05, 4.69) is 53.8 Å². The van der Waals surface area contributed by atoms with E-state index >= 15 is 0 Å². The lowest BCUT2D eigenvalue weighted by Crippen LogP contribution is -2.62. The number of anilines is 1. The number of rotatable bonds is 10. The van der Waals surface area contributed by atoms with Gasteiger partial charge in [-0.25, -0.2) is 13.1 Å². The van der Waals surface area contributed by atoms with Crippen LogP contribution in [-0.2, 0) is 21.2 Å². The smallest absolute Gasteiger partial charge is 0.231 e. The molecule has 4 rings (SSSR count). The average molecular weight is 574 g/mol. The van der Waals surface area contributed by atoms with Gasteiger partial charge in [-0.05, 0) is 67.4 Å². The Kier molecular flexibility index (Phi) is 8.98. The van der Waals surface area contributed by atoms with Crippen LogP contribution in [0.25, 0.3) is 21.2 Å². The second-order valence-electron chi connectivity index (χ2n) is 9.97. The predicted molar refractivity (Wildman–Crippen MR) is 153 cm³/mol. The molecule has 39 heavy (non-hydrogen) atoms. The van der Waals surface area contributed by atoms with Gasteiger partial charge in [-0.3, -0.25) is 0 Å². The number of nitrogens with one attached hydrogen (secondary N) is 1. The highest BCUT2D eigenvalue weighted by atomic mass is 32.2. The summed E-state index contributed by atoms with van der Waals surface area (Å²) in [6.07, 6.45) is -4.02. The van der Waals surface area contributed by atoms with Crippen molar-refractivity contribution in [1.82, 2.24) is 4.72 Å². The van der Waals surface area contributed by atoms with Crippen molar-refractivity contribution in [1.29, 1.82) is 5.26 Å². The molecule has 2 unspecified atom stereocenters. The number of sulfonamides is 1. The maximum atomic E-state index is 13.3. The van der Waals surface area contributed by atoms with Crippen LogP contribution < -0.4 is 9.62 Å². The highest BCUT2D eigenvalue weighted by Gasteiger charge is 2.46. The molecule has 5 atom stereocenters. The topological polar surface area (TPSA) is 143 Å². The molecule has 0 bridgehead atoms. The third kappa shape index (κ3) is 5.98. The zero-order valence-corrected chi connectivity index (χ0v) is 23.9. The highest BCUT2D eigenvalue weighted by molar-refractivity contribution is 7.91.